The predicted molar refractivity (Wildman–Crippen MR) is 145 cm³/mol. The number of hydrogen-bond acceptors (Lipinski definition) is 9. The summed E-state index contributed by atoms with van der Waals surface area (Å²) in [6, 6.07) is 9.83. The zero-order valence-corrected chi connectivity index (χ0v) is 23.3. The number of nitrogens with zero attached hydrogens (tertiary/aromatic N) is 4. The summed E-state index contributed by atoms with van der Waals surface area (Å²) in [6.07, 6.45) is -2.27. The Balaban J connectivity index is 1.76. The van der Waals surface area contributed by atoms with E-state index in [1.54, 1.807) is 57.2 Å². The first-order valence-electron chi connectivity index (χ1n) is 11.9. The normalized spacial score (nSPS) is 12.0. The molecule has 0 unspecified atom stereocenters. The van der Waals surface area contributed by atoms with Gasteiger partial charge in [0, 0.05) is 43.8 Å². The van der Waals surface area contributed by atoms with Crippen LogP contribution in [0, 0.1) is 0 Å². The maximum atomic E-state index is 13.7. The summed E-state index contributed by atoms with van der Waals surface area (Å²) in [7, 11) is -2.35. The molecule has 1 aromatic carbocycles. The highest BCUT2D eigenvalue weighted by molar-refractivity contribution is 7.92. The molecule has 3 N–H and O–H groups in total. The Morgan fingerprint density at radius 1 is 1.05 bits per heavy atom. The zero-order chi connectivity index (χ0) is 29.7. The van der Waals surface area contributed by atoms with E-state index < -0.39 is 39.3 Å². The number of rotatable bonds is 9. The van der Waals surface area contributed by atoms with Crippen molar-refractivity contribution in [3.63, 3.8) is 0 Å². The van der Waals surface area contributed by atoms with Crippen LogP contribution in [-0.4, -0.2) is 48.4 Å². The second-order valence-corrected chi connectivity index (χ2v) is 11.7. The number of pyridine rings is 1. The van der Waals surface area contributed by atoms with Crippen molar-refractivity contribution in [3.05, 3.63) is 65.5 Å². The molecule has 0 spiro atoms. The largest absolute Gasteiger partial charge is 0.444 e. The summed E-state index contributed by atoms with van der Waals surface area (Å²) in [5.41, 5.74) is -0.120. The Bertz CT molecular complexity index is 1440. The lowest BCUT2D eigenvalue weighted by Gasteiger charge is -2.20. The second-order valence-electron chi connectivity index (χ2n) is 9.70. The average Bonchev–Trinajstić information content (AvgIpc) is 2.84. The molecule has 2 aromatic heterocycles. The first-order valence-corrected chi connectivity index (χ1v) is 13.8. The molecular formula is C25H30F3N7O4S. The van der Waals surface area contributed by atoms with E-state index >= 15 is 0 Å². The molecule has 40 heavy (non-hydrogen) atoms. The number of carbonyl (C=O) groups is 1. The first kappa shape index (κ1) is 30.4. The number of sulfonamides is 1. The van der Waals surface area contributed by atoms with Crippen LogP contribution in [0.15, 0.2) is 48.8 Å². The summed E-state index contributed by atoms with van der Waals surface area (Å²) in [6.45, 7) is 5.29. The number of amides is 1. The fourth-order valence-electron chi connectivity index (χ4n) is 3.30. The molecule has 3 aromatic rings. The fraction of sp³-hybridized carbons (Fsp3) is 0.360. The minimum atomic E-state index is -4.75. The van der Waals surface area contributed by atoms with Crippen LogP contribution in [-0.2, 0) is 34.0 Å². The van der Waals surface area contributed by atoms with Crippen LogP contribution in [0.25, 0.3) is 0 Å². The molecule has 0 fully saturated rings. The van der Waals surface area contributed by atoms with Gasteiger partial charge in [-0.2, -0.15) is 18.2 Å². The van der Waals surface area contributed by atoms with E-state index in [0.29, 0.717) is 17.4 Å². The second kappa shape index (κ2) is 11.9. The number of halogens is 3. The van der Waals surface area contributed by atoms with Crippen LogP contribution < -0.4 is 20.3 Å². The summed E-state index contributed by atoms with van der Waals surface area (Å²) < 4.78 is 71.1. The SMILES string of the molecule is CN(c1ncccc1CNc1nc(Nc2ccc(CNC(=O)OC(C)(C)C)cc2)ncc1C(F)(F)F)S(C)(=O)=O. The maximum absolute atomic E-state index is 13.7. The van der Waals surface area contributed by atoms with Crippen LogP contribution in [0.1, 0.15) is 37.5 Å². The van der Waals surface area contributed by atoms with Gasteiger partial charge in [0.1, 0.15) is 22.8 Å². The Kier molecular flexibility index (Phi) is 9.07. The highest BCUT2D eigenvalue weighted by Crippen LogP contribution is 2.34. The molecule has 0 aliphatic rings. The number of alkyl carbamates (subject to hydrolysis) is 1. The molecule has 216 valence electrons. The molecule has 11 nitrogen and oxygen atoms in total. The molecular weight excluding hydrogens is 551 g/mol. The molecule has 3 rings (SSSR count). The molecule has 0 bridgehead atoms. The number of aromatic nitrogens is 3. The predicted octanol–water partition coefficient (Wildman–Crippen LogP) is 4.67. The lowest BCUT2D eigenvalue weighted by atomic mass is 10.2. The van der Waals surface area contributed by atoms with Gasteiger partial charge in [-0.25, -0.2) is 23.2 Å². The highest BCUT2D eigenvalue weighted by atomic mass is 32.2. The third-order valence-electron chi connectivity index (χ3n) is 5.25. The van der Waals surface area contributed by atoms with Gasteiger partial charge in [0.15, 0.2) is 0 Å². The zero-order valence-electron chi connectivity index (χ0n) is 22.5. The minimum Gasteiger partial charge on any atom is -0.444 e. The molecule has 0 saturated carbocycles. The highest BCUT2D eigenvalue weighted by Gasteiger charge is 2.35. The van der Waals surface area contributed by atoms with Gasteiger partial charge < -0.3 is 20.7 Å². The van der Waals surface area contributed by atoms with E-state index in [4.69, 9.17) is 4.74 Å². The number of benzene rings is 1. The van der Waals surface area contributed by atoms with Gasteiger partial charge in [-0.05, 0) is 44.5 Å². The summed E-state index contributed by atoms with van der Waals surface area (Å²) >= 11 is 0. The standard InChI is InChI=1S/C25H30F3N7O4S/c1-24(2,3)39-23(36)32-13-16-8-10-18(11-9-16)33-22-31-15-19(25(26,27)28)20(34-22)30-14-17-7-6-12-29-21(17)35(4)40(5,37)38/h6-12,15H,13-14H2,1-5H3,(H,32,36)(H2,30,31,33,34). The number of nitrogens with one attached hydrogen (secondary N) is 3. The van der Waals surface area contributed by atoms with E-state index in [1.165, 1.54) is 13.2 Å². The molecule has 0 atom stereocenters. The number of alkyl halides is 3. The molecule has 0 saturated heterocycles. The summed E-state index contributed by atoms with van der Waals surface area (Å²) in [5.74, 6) is -0.533. The van der Waals surface area contributed by atoms with Crippen molar-refractivity contribution in [2.75, 3.05) is 28.2 Å². The summed E-state index contributed by atoms with van der Waals surface area (Å²) in [5, 5.41) is 8.13. The smallest absolute Gasteiger partial charge is 0.421 e. The van der Waals surface area contributed by atoms with Crippen LogP contribution in [0.5, 0.6) is 0 Å². The quantitative estimate of drug-likeness (QED) is 0.329. The molecule has 0 radical (unpaired) electrons. The minimum absolute atomic E-state index is 0.0692. The monoisotopic (exact) mass is 581 g/mol. The first-order chi connectivity index (χ1) is 18.5. The number of ether oxygens (including phenoxy) is 1. The van der Waals surface area contributed by atoms with Crippen molar-refractivity contribution < 1.29 is 31.1 Å². The van der Waals surface area contributed by atoms with Gasteiger partial charge >= 0.3 is 12.3 Å². The molecule has 2 heterocycles. The molecule has 1 amide bonds. The van der Waals surface area contributed by atoms with Crippen molar-refractivity contribution >= 4 is 39.4 Å². The Morgan fingerprint density at radius 3 is 2.33 bits per heavy atom. The van der Waals surface area contributed by atoms with Gasteiger partial charge in [-0.3, -0.25) is 4.31 Å². The topological polar surface area (TPSA) is 138 Å². The third-order valence-corrected chi connectivity index (χ3v) is 6.42. The van der Waals surface area contributed by atoms with E-state index in [2.05, 4.69) is 30.9 Å². The number of carbonyl (C=O) groups excluding carboxylic acids is 1. The van der Waals surface area contributed by atoms with Crippen molar-refractivity contribution in [3.8, 4) is 0 Å². The summed E-state index contributed by atoms with van der Waals surface area (Å²) in [4.78, 5) is 23.7. The number of hydrogen-bond donors (Lipinski definition) is 3. The van der Waals surface area contributed by atoms with E-state index in [-0.39, 0.29) is 24.9 Å². The Morgan fingerprint density at radius 2 is 1.73 bits per heavy atom. The van der Waals surface area contributed by atoms with E-state index in [1.807, 2.05) is 0 Å². The Labute approximate surface area is 230 Å². The van der Waals surface area contributed by atoms with Crippen LogP contribution >= 0.6 is 0 Å². The van der Waals surface area contributed by atoms with Gasteiger partial charge in [0.2, 0.25) is 16.0 Å². The molecule has 0 aliphatic carbocycles. The van der Waals surface area contributed by atoms with Crippen molar-refractivity contribution in [1.82, 2.24) is 20.3 Å². The van der Waals surface area contributed by atoms with E-state index in [9.17, 15) is 26.4 Å². The lowest BCUT2D eigenvalue weighted by molar-refractivity contribution is -0.137. The van der Waals surface area contributed by atoms with E-state index in [0.717, 1.165) is 16.1 Å². The van der Waals surface area contributed by atoms with Gasteiger partial charge in [-0.1, -0.05) is 18.2 Å². The number of anilines is 4. The van der Waals surface area contributed by atoms with Crippen LogP contribution in [0.4, 0.5) is 41.2 Å². The van der Waals surface area contributed by atoms with Crippen molar-refractivity contribution in [2.24, 2.45) is 0 Å². The van der Waals surface area contributed by atoms with Gasteiger partial charge in [0.25, 0.3) is 0 Å². The fourth-order valence-corrected chi connectivity index (χ4v) is 3.77. The third kappa shape index (κ3) is 8.69. The van der Waals surface area contributed by atoms with Gasteiger partial charge in [0.05, 0.1) is 6.26 Å². The maximum Gasteiger partial charge on any atom is 0.421 e. The Hall–Kier alpha value is -4.14. The van der Waals surface area contributed by atoms with Crippen LogP contribution in [0.2, 0.25) is 0 Å². The van der Waals surface area contributed by atoms with Crippen molar-refractivity contribution in [1.29, 1.82) is 0 Å². The molecule has 0 aliphatic heterocycles. The molecule has 15 heteroatoms. The lowest BCUT2D eigenvalue weighted by Crippen LogP contribution is -2.32. The van der Waals surface area contributed by atoms with Gasteiger partial charge in [-0.15, -0.1) is 0 Å². The van der Waals surface area contributed by atoms with Crippen LogP contribution in [0.3, 0.4) is 0 Å². The van der Waals surface area contributed by atoms with Crippen molar-refractivity contribution in [2.45, 2.75) is 45.6 Å². The average molecular weight is 582 g/mol.